The second-order valence-electron chi connectivity index (χ2n) is 5.07. The van der Waals surface area contributed by atoms with Crippen LogP contribution in [0, 0.1) is 6.92 Å². The molecule has 3 rings (SSSR count). The van der Waals surface area contributed by atoms with E-state index in [9.17, 15) is 9.90 Å². The number of aliphatic imine (C=N–C) groups is 1. The number of aromatic hydroxyl groups is 1. The fourth-order valence-electron chi connectivity index (χ4n) is 2.08. The molecule has 0 unspecified atom stereocenters. The summed E-state index contributed by atoms with van der Waals surface area (Å²) in [5.74, 6) is 0.0808. The first kappa shape index (κ1) is 16.5. The molecule has 0 atom stereocenters. The van der Waals surface area contributed by atoms with Gasteiger partial charge in [-0.1, -0.05) is 18.2 Å². The summed E-state index contributed by atoms with van der Waals surface area (Å²) in [7, 11) is 0. The summed E-state index contributed by atoms with van der Waals surface area (Å²) in [6.07, 6.45) is 3.46. The Morgan fingerprint density at radius 1 is 1.38 bits per heavy atom. The molecule has 1 aliphatic rings. The number of thiazole rings is 1. The van der Waals surface area contributed by atoms with Crippen LogP contribution in [0.4, 0.5) is 5.13 Å². The molecule has 1 aromatic heterocycles. The van der Waals surface area contributed by atoms with Crippen molar-refractivity contribution in [1.29, 1.82) is 0 Å². The largest absolute Gasteiger partial charge is 0.508 e. The molecule has 1 saturated heterocycles. The van der Waals surface area contributed by atoms with E-state index in [1.807, 2.05) is 12.3 Å². The third-order valence-electron chi connectivity index (χ3n) is 3.19. The van der Waals surface area contributed by atoms with Crippen LogP contribution in [0.5, 0.6) is 5.75 Å². The second kappa shape index (κ2) is 7.02. The Labute approximate surface area is 148 Å². The molecule has 0 bridgehead atoms. The van der Waals surface area contributed by atoms with E-state index in [2.05, 4.69) is 16.6 Å². The minimum absolute atomic E-state index is 0.111. The maximum absolute atomic E-state index is 12.6. The van der Waals surface area contributed by atoms with E-state index < -0.39 is 0 Å². The predicted octanol–water partition coefficient (Wildman–Crippen LogP) is 3.95. The molecular weight excluding hydrogens is 342 g/mol. The standard InChI is InChI=1S/C17H15N3O2S2/c1-3-8-20-15(22)14(9-12-4-6-13(21)7-5-12)24-17(20)19-16-18-11(2)10-23-16/h3-7,9-10,21H,1,8H2,2H3/b14-9-,19-17+. The Balaban J connectivity index is 1.93. The van der Waals surface area contributed by atoms with Crippen molar-refractivity contribution >= 4 is 45.4 Å². The molecule has 1 aliphatic heterocycles. The first-order valence-corrected chi connectivity index (χ1v) is 8.88. The van der Waals surface area contributed by atoms with Crippen LogP contribution in [0.1, 0.15) is 11.3 Å². The molecule has 1 aromatic carbocycles. The Bertz CT molecular complexity index is 838. The molecule has 122 valence electrons. The van der Waals surface area contributed by atoms with E-state index in [0.717, 1.165) is 11.3 Å². The fraction of sp³-hybridized carbons (Fsp3) is 0.118. The lowest BCUT2D eigenvalue weighted by Gasteiger charge is -2.11. The molecule has 0 aliphatic carbocycles. The van der Waals surface area contributed by atoms with Gasteiger partial charge in [-0.15, -0.1) is 17.9 Å². The van der Waals surface area contributed by atoms with Crippen LogP contribution in [-0.4, -0.2) is 32.6 Å². The highest BCUT2D eigenvalue weighted by Gasteiger charge is 2.32. The molecule has 0 radical (unpaired) electrons. The van der Waals surface area contributed by atoms with E-state index in [1.54, 1.807) is 41.3 Å². The number of benzene rings is 1. The number of aryl methyl sites for hydroxylation is 1. The number of phenolic OH excluding ortho intramolecular Hbond substituents is 1. The van der Waals surface area contributed by atoms with Crippen molar-refractivity contribution in [3.63, 3.8) is 0 Å². The van der Waals surface area contributed by atoms with E-state index in [1.165, 1.54) is 23.1 Å². The number of carbonyl (C=O) groups excluding carboxylic acids is 1. The first-order chi connectivity index (χ1) is 11.6. The first-order valence-electron chi connectivity index (χ1n) is 7.19. The minimum Gasteiger partial charge on any atom is -0.508 e. The number of amides is 1. The number of aromatic nitrogens is 1. The molecule has 1 amide bonds. The van der Waals surface area contributed by atoms with Crippen molar-refractivity contribution in [1.82, 2.24) is 9.88 Å². The van der Waals surface area contributed by atoms with Gasteiger partial charge in [-0.05, 0) is 42.5 Å². The van der Waals surface area contributed by atoms with Gasteiger partial charge in [0.25, 0.3) is 5.91 Å². The minimum atomic E-state index is -0.111. The molecule has 24 heavy (non-hydrogen) atoms. The summed E-state index contributed by atoms with van der Waals surface area (Å²) in [5.41, 5.74) is 1.75. The molecule has 0 spiro atoms. The number of phenols is 1. The average Bonchev–Trinajstić information content (AvgIpc) is 3.09. The highest BCUT2D eigenvalue weighted by molar-refractivity contribution is 8.18. The van der Waals surface area contributed by atoms with Crippen LogP contribution in [0.15, 0.2) is 52.2 Å². The van der Waals surface area contributed by atoms with Gasteiger partial charge in [-0.3, -0.25) is 9.69 Å². The van der Waals surface area contributed by atoms with Crippen molar-refractivity contribution in [2.45, 2.75) is 6.92 Å². The Morgan fingerprint density at radius 2 is 2.12 bits per heavy atom. The number of carbonyl (C=O) groups is 1. The zero-order valence-corrected chi connectivity index (χ0v) is 14.6. The molecular formula is C17H15N3O2S2. The monoisotopic (exact) mass is 357 g/mol. The van der Waals surface area contributed by atoms with E-state index in [4.69, 9.17) is 0 Å². The number of nitrogens with zero attached hydrogens (tertiary/aromatic N) is 3. The molecule has 5 nitrogen and oxygen atoms in total. The number of rotatable bonds is 4. The van der Waals surface area contributed by atoms with E-state index in [0.29, 0.717) is 21.7 Å². The van der Waals surface area contributed by atoms with Crippen molar-refractivity contribution in [2.24, 2.45) is 4.99 Å². The Hall–Kier alpha value is -2.38. The summed E-state index contributed by atoms with van der Waals surface area (Å²) < 4.78 is 0. The topological polar surface area (TPSA) is 65.8 Å². The summed E-state index contributed by atoms with van der Waals surface area (Å²) in [6, 6.07) is 6.69. The third kappa shape index (κ3) is 3.58. The summed E-state index contributed by atoms with van der Waals surface area (Å²) in [4.78, 5) is 23.6. The molecule has 1 fully saturated rings. The van der Waals surface area contributed by atoms with Crippen LogP contribution >= 0.6 is 23.1 Å². The average molecular weight is 357 g/mol. The lowest BCUT2D eigenvalue weighted by atomic mass is 10.2. The van der Waals surface area contributed by atoms with Crippen molar-refractivity contribution < 1.29 is 9.90 Å². The highest BCUT2D eigenvalue weighted by Crippen LogP contribution is 2.34. The second-order valence-corrected chi connectivity index (χ2v) is 6.92. The summed E-state index contributed by atoms with van der Waals surface area (Å²) in [5, 5.41) is 12.5. The van der Waals surface area contributed by atoms with Crippen molar-refractivity contribution in [3.05, 3.63) is 58.5 Å². The zero-order chi connectivity index (χ0) is 17.1. The lowest BCUT2D eigenvalue weighted by Crippen LogP contribution is -2.29. The number of hydrogen-bond donors (Lipinski definition) is 1. The van der Waals surface area contributed by atoms with Crippen LogP contribution < -0.4 is 0 Å². The summed E-state index contributed by atoms with van der Waals surface area (Å²) >= 11 is 2.76. The van der Waals surface area contributed by atoms with Gasteiger partial charge < -0.3 is 5.11 Å². The smallest absolute Gasteiger partial charge is 0.267 e. The number of amidine groups is 1. The quantitative estimate of drug-likeness (QED) is 0.665. The van der Waals surface area contributed by atoms with Gasteiger partial charge in [0.05, 0.1) is 10.6 Å². The Morgan fingerprint density at radius 3 is 2.75 bits per heavy atom. The SMILES string of the molecule is C=CCN1C(=O)/C(=C/c2ccc(O)cc2)S/C1=N/c1nc(C)cs1. The lowest BCUT2D eigenvalue weighted by molar-refractivity contribution is -0.121. The van der Waals surface area contributed by atoms with Crippen LogP contribution in [-0.2, 0) is 4.79 Å². The van der Waals surface area contributed by atoms with Gasteiger partial charge in [-0.25, -0.2) is 4.98 Å². The highest BCUT2D eigenvalue weighted by atomic mass is 32.2. The summed E-state index contributed by atoms with van der Waals surface area (Å²) in [6.45, 7) is 6.00. The van der Waals surface area contributed by atoms with Crippen LogP contribution in [0.2, 0.25) is 0 Å². The van der Waals surface area contributed by atoms with Crippen molar-refractivity contribution in [3.8, 4) is 5.75 Å². The Kier molecular flexibility index (Phi) is 4.82. The zero-order valence-electron chi connectivity index (χ0n) is 13.0. The van der Waals surface area contributed by atoms with Gasteiger partial charge >= 0.3 is 0 Å². The van der Waals surface area contributed by atoms with Gasteiger partial charge in [-0.2, -0.15) is 4.99 Å². The molecule has 1 N–H and O–H groups in total. The molecule has 2 aromatic rings. The maximum atomic E-state index is 12.6. The normalized spacial score (nSPS) is 17.9. The van der Waals surface area contributed by atoms with Crippen molar-refractivity contribution in [2.75, 3.05) is 6.54 Å². The van der Waals surface area contributed by atoms with Crippen LogP contribution in [0.25, 0.3) is 6.08 Å². The molecule has 0 saturated carbocycles. The van der Waals surface area contributed by atoms with Gasteiger partial charge in [0, 0.05) is 11.9 Å². The number of thioether (sulfide) groups is 1. The predicted molar refractivity (Wildman–Crippen MR) is 99.5 cm³/mol. The van der Waals surface area contributed by atoms with Gasteiger partial charge in [0.1, 0.15) is 5.75 Å². The van der Waals surface area contributed by atoms with Gasteiger partial charge in [0.15, 0.2) is 5.17 Å². The number of hydrogen-bond acceptors (Lipinski definition) is 6. The van der Waals surface area contributed by atoms with E-state index >= 15 is 0 Å². The van der Waals surface area contributed by atoms with Gasteiger partial charge in [0.2, 0.25) is 5.13 Å². The maximum Gasteiger partial charge on any atom is 0.267 e. The van der Waals surface area contributed by atoms with E-state index in [-0.39, 0.29) is 11.7 Å². The molecule has 7 heteroatoms. The fourth-order valence-corrected chi connectivity index (χ4v) is 3.79. The molecule has 2 heterocycles. The third-order valence-corrected chi connectivity index (χ3v) is 5.05. The van der Waals surface area contributed by atoms with Crippen LogP contribution in [0.3, 0.4) is 0 Å².